The predicted molar refractivity (Wildman–Crippen MR) is 57.6 cm³/mol. The maximum atomic E-state index is 11.0. The third-order valence-electron chi connectivity index (χ3n) is 1.89. The van der Waals surface area contributed by atoms with Crippen LogP contribution in [0, 0.1) is 6.92 Å². The molecule has 1 rings (SSSR count). The van der Waals surface area contributed by atoms with E-state index in [4.69, 9.17) is 4.74 Å². The molecule has 0 bridgehead atoms. The molecule has 0 spiro atoms. The van der Waals surface area contributed by atoms with Gasteiger partial charge in [-0.2, -0.15) is 0 Å². The van der Waals surface area contributed by atoms with Gasteiger partial charge in [0.15, 0.2) is 0 Å². The molecule has 3 heteroatoms. The second-order valence-corrected chi connectivity index (χ2v) is 3.10. The normalized spacial score (nSPS) is 9.73. The van der Waals surface area contributed by atoms with Crippen LogP contribution in [0.3, 0.4) is 0 Å². The summed E-state index contributed by atoms with van der Waals surface area (Å²) in [5.41, 5.74) is 0.892. The fourth-order valence-corrected chi connectivity index (χ4v) is 1.17. The van der Waals surface area contributed by atoms with Crippen molar-refractivity contribution in [2.24, 2.45) is 0 Å². The minimum Gasteiger partial charge on any atom is -0.494 e. The van der Waals surface area contributed by atoms with Gasteiger partial charge in [-0.05, 0) is 31.0 Å². The largest absolute Gasteiger partial charge is 0.494 e. The molecule has 3 nitrogen and oxygen atoms in total. The monoisotopic (exact) mass is 207 g/mol. The molecule has 0 atom stereocenters. The summed E-state index contributed by atoms with van der Waals surface area (Å²) >= 11 is 0. The van der Waals surface area contributed by atoms with Gasteiger partial charge in [0.05, 0.1) is 20.1 Å². The van der Waals surface area contributed by atoms with Gasteiger partial charge < -0.3 is 9.47 Å². The average Bonchev–Trinajstić information content (AvgIpc) is 2.26. The van der Waals surface area contributed by atoms with E-state index in [1.807, 2.05) is 24.3 Å². The Morgan fingerprint density at radius 1 is 1.47 bits per heavy atom. The van der Waals surface area contributed by atoms with Gasteiger partial charge in [-0.3, -0.25) is 4.79 Å². The minimum atomic E-state index is -0.246. The van der Waals surface area contributed by atoms with Crippen molar-refractivity contribution in [3.05, 3.63) is 36.8 Å². The van der Waals surface area contributed by atoms with Crippen molar-refractivity contribution < 1.29 is 14.3 Å². The lowest BCUT2D eigenvalue weighted by molar-refractivity contribution is -0.139. The zero-order valence-electron chi connectivity index (χ0n) is 8.86. The van der Waals surface area contributed by atoms with Crippen LogP contribution in [0.5, 0.6) is 5.75 Å². The van der Waals surface area contributed by atoms with Crippen LogP contribution in [0.15, 0.2) is 24.3 Å². The third-order valence-corrected chi connectivity index (χ3v) is 1.89. The van der Waals surface area contributed by atoms with Crippen molar-refractivity contribution in [2.75, 3.05) is 13.7 Å². The van der Waals surface area contributed by atoms with E-state index in [-0.39, 0.29) is 12.4 Å². The van der Waals surface area contributed by atoms with E-state index in [9.17, 15) is 4.79 Å². The molecule has 1 aromatic carbocycles. The zero-order chi connectivity index (χ0) is 11.1. The Morgan fingerprint density at radius 2 is 2.27 bits per heavy atom. The molecule has 1 aromatic rings. The molecule has 1 radical (unpaired) electrons. The summed E-state index contributed by atoms with van der Waals surface area (Å²) in [6.07, 6.45) is 0.999. The van der Waals surface area contributed by atoms with E-state index in [2.05, 4.69) is 11.7 Å². The summed E-state index contributed by atoms with van der Waals surface area (Å²) in [5, 5.41) is 0. The summed E-state index contributed by atoms with van der Waals surface area (Å²) < 4.78 is 9.98. The highest BCUT2D eigenvalue weighted by atomic mass is 16.5. The number of methoxy groups -OCH3 is 1. The lowest BCUT2D eigenvalue weighted by Crippen LogP contribution is -2.04. The maximum Gasteiger partial charge on any atom is 0.309 e. The van der Waals surface area contributed by atoms with E-state index in [0.717, 1.165) is 17.7 Å². The number of hydrogen-bond acceptors (Lipinski definition) is 3. The Morgan fingerprint density at radius 3 is 2.93 bits per heavy atom. The van der Waals surface area contributed by atoms with Crippen molar-refractivity contribution in [1.29, 1.82) is 0 Å². The van der Waals surface area contributed by atoms with Crippen LogP contribution in [0.4, 0.5) is 0 Å². The summed E-state index contributed by atoms with van der Waals surface area (Å²) in [7, 11) is 1.38. The van der Waals surface area contributed by atoms with Crippen LogP contribution in [-0.2, 0) is 16.0 Å². The van der Waals surface area contributed by atoms with Gasteiger partial charge in [-0.15, -0.1) is 0 Å². The molecule has 0 aliphatic rings. The van der Waals surface area contributed by atoms with Crippen molar-refractivity contribution in [3.8, 4) is 5.75 Å². The predicted octanol–water partition coefficient (Wildman–Crippen LogP) is 2.01. The molecule has 0 fully saturated rings. The summed E-state index contributed by atoms with van der Waals surface area (Å²) in [4.78, 5) is 11.0. The van der Waals surface area contributed by atoms with Crippen LogP contribution >= 0.6 is 0 Å². The Labute approximate surface area is 90.0 Å². The molecule has 81 valence electrons. The van der Waals surface area contributed by atoms with Gasteiger partial charge in [0, 0.05) is 0 Å². The van der Waals surface area contributed by atoms with E-state index in [0.29, 0.717) is 6.61 Å². The Kier molecular flexibility index (Phi) is 4.68. The summed E-state index contributed by atoms with van der Waals surface area (Å²) in [5.74, 6) is 0.518. The number of carbonyl (C=O) groups excluding carboxylic acids is 1. The first-order valence-corrected chi connectivity index (χ1v) is 4.84. The first kappa shape index (κ1) is 11.6. The van der Waals surface area contributed by atoms with E-state index in [1.54, 1.807) is 0 Å². The Hall–Kier alpha value is -1.51. The molecule has 0 N–H and O–H groups in total. The molecule has 0 aliphatic carbocycles. The Balaban J connectivity index is 2.61. The average molecular weight is 207 g/mol. The molecule has 15 heavy (non-hydrogen) atoms. The van der Waals surface area contributed by atoms with Crippen LogP contribution in [0.2, 0.25) is 0 Å². The highest BCUT2D eigenvalue weighted by Gasteiger charge is 2.03. The highest BCUT2D eigenvalue weighted by molar-refractivity contribution is 5.72. The zero-order valence-corrected chi connectivity index (χ0v) is 8.86. The van der Waals surface area contributed by atoms with Crippen molar-refractivity contribution in [2.45, 2.75) is 12.8 Å². The number of esters is 1. The molecule has 0 aromatic heterocycles. The third kappa shape index (κ3) is 4.02. The van der Waals surface area contributed by atoms with Gasteiger partial charge in [-0.25, -0.2) is 0 Å². The SMILES string of the molecule is [CH2]CCOc1cccc(CC(=O)OC)c1. The second-order valence-electron chi connectivity index (χ2n) is 3.10. The van der Waals surface area contributed by atoms with Gasteiger partial charge in [0.2, 0.25) is 0 Å². The molecule has 0 amide bonds. The smallest absolute Gasteiger partial charge is 0.309 e. The highest BCUT2D eigenvalue weighted by Crippen LogP contribution is 2.14. The molecule has 0 saturated heterocycles. The first-order chi connectivity index (χ1) is 7.26. The lowest BCUT2D eigenvalue weighted by Gasteiger charge is -2.06. The fraction of sp³-hybridized carbons (Fsp3) is 0.333. The van der Waals surface area contributed by atoms with Gasteiger partial charge in [0.25, 0.3) is 0 Å². The first-order valence-electron chi connectivity index (χ1n) is 4.84. The van der Waals surface area contributed by atoms with Crippen molar-refractivity contribution in [1.82, 2.24) is 0 Å². The minimum absolute atomic E-state index is 0.246. The topological polar surface area (TPSA) is 35.5 Å². The van der Waals surface area contributed by atoms with E-state index >= 15 is 0 Å². The summed E-state index contributed by atoms with van der Waals surface area (Å²) in [6.45, 7) is 4.27. The number of carbonyl (C=O) groups is 1. The molecular formula is C12H15O3. The number of benzene rings is 1. The lowest BCUT2D eigenvalue weighted by atomic mass is 10.1. The van der Waals surface area contributed by atoms with E-state index in [1.165, 1.54) is 7.11 Å². The van der Waals surface area contributed by atoms with Crippen LogP contribution in [0.1, 0.15) is 12.0 Å². The van der Waals surface area contributed by atoms with Gasteiger partial charge >= 0.3 is 5.97 Å². The Bertz CT molecular complexity index is 320. The number of hydrogen-bond donors (Lipinski definition) is 0. The molecule has 0 saturated carbocycles. The standard InChI is InChI=1S/C12H15O3/c1-3-7-15-11-6-4-5-10(8-11)9-12(13)14-2/h4-6,8H,1,3,7,9H2,2H3. The molecular weight excluding hydrogens is 192 g/mol. The van der Waals surface area contributed by atoms with E-state index < -0.39 is 0 Å². The number of ether oxygens (including phenoxy) is 2. The number of rotatable bonds is 5. The fourth-order valence-electron chi connectivity index (χ4n) is 1.17. The molecule has 0 aliphatic heterocycles. The van der Waals surface area contributed by atoms with Crippen LogP contribution in [-0.4, -0.2) is 19.7 Å². The van der Waals surface area contributed by atoms with Crippen LogP contribution in [0.25, 0.3) is 0 Å². The van der Waals surface area contributed by atoms with Gasteiger partial charge in [0.1, 0.15) is 5.75 Å². The molecule has 0 unspecified atom stereocenters. The molecule has 0 heterocycles. The summed E-state index contributed by atoms with van der Waals surface area (Å²) in [6, 6.07) is 7.42. The van der Waals surface area contributed by atoms with Gasteiger partial charge in [-0.1, -0.05) is 12.1 Å². The van der Waals surface area contributed by atoms with Crippen LogP contribution < -0.4 is 4.74 Å². The second kappa shape index (κ2) is 6.06. The quantitative estimate of drug-likeness (QED) is 0.693. The maximum absolute atomic E-state index is 11.0. The van der Waals surface area contributed by atoms with Crippen molar-refractivity contribution in [3.63, 3.8) is 0 Å². The van der Waals surface area contributed by atoms with Crippen molar-refractivity contribution >= 4 is 5.97 Å².